The lowest BCUT2D eigenvalue weighted by atomic mass is 10.0. The number of rotatable bonds is 6. The van der Waals surface area contributed by atoms with E-state index in [1.807, 2.05) is 48.5 Å². The maximum atomic E-state index is 11.3. The Balaban J connectivity index is 2.28. The summed E-state index contributed by atoms with van der Waals surface area (Å²) in [6, 6.07) is 17.1. The third-order valence-corrected chi connectivity index (χ3v) is 3.01. The van der Waals surface area contributed by atoms with E-state index < -0.39 is 18.4 Å². The van der Waals surface area contributed by atoms with Gasteiger partial charge in [0, 0.05) is 11.6 Å². The van der Waals surface area contributed by atoms with E-state index in [1.54, 1.807) is 6.07 Å². The second-order valence-electron chi connectivity index (χ2n) is 4.73. The molecule has 0 aliphatic rings. The van der Waals surface area contributed by atoms with Gasteiger partial charge in [0.05, 0.1) is 0 Å². The molecular weight excluding hydrogens is 280 g/mol. The van der Waals surface area contributed by atoms with Gasteiger partial charge in [0.25, 0.3) is 6.29 Å². The SMILES string of the molecule is C=CC(=O)OC(Oc1ccccc1-c1ccccc1)C(C)O. The van der Waals surface area contributed by atoms with Gasteiger partial charge >= 0.3 is 5.97 Å². The van der Waals surface area contributed by atoms with Crippen molar-refractivity contribution in [3.8, 4) is 16.9 Å². The van der Waals surface area contributed by atoms with Gasteiger partial charge in [-0.25, -0.2) is 4.79 Å². The van der Waals surface area contributed by atoms with Crippen LogP contribution < -0.4 is 4.74 Å². The summed E-state index contributed by atoms with van der Waals surface area (Å²) in [5.74, 6) is -0.125. The maximum absolute atomic E-state index is 11.3. The van der Waals surface area contributed by atoms with E-state index in [0.717, 1.165) is 17.2 Å². The molecule has 2 aromatic carbocycles. The normalized spacial score (nSPS) is 13.0. The predicted octanol–water partition coefficient (Wildman–Crippen LogP) is 3.17. The smallest absolute Gasteiger partial charge is 0.333 e. The Morgan fingerprint density at radius 3 is 2.41 bits per heavy atom. The highest BCUT2D eigenvalue weighted by atomic mass is 16.7. The van der Waals surface area contributed by atoms with Crippen molar-refractivity contribution in [2.24, 2.45) is 0 Å². The number of para-hydroxylation sites is 1. The molecule has 1 N–H and O–H groups in total. The number of hydrogen-bond acceptors (Lipinski definition) is 4. The Kier molecular flexibility index (Phi) is 5.33. The second kappa shape index (κ2) is 7.43. The summed E-state index contributed by atoms with van der Waals surface area (Å²) in [5.41, 5.74) is 1.82. The van der Waals surface area contributed by atoms with Crippen molar-refractivity contribution in [1.29, 1.82) is 0 Å². The largest absolute Gasteiger partial charge is 0.451 e. The van der Waals surface area contributed by atoms with E-state index in [-0.39, 0.29) is 0 Å². The summed E-state index contributed by atoms with van der Waals surface area (Å²) in [4.78, 5) is 11.3. The van der Waals surface area contributed by atoms with Crippen LogP contribution in [-0.4, -0.2) is 23.5 Å². The van der Waals surface area contributed by atoms with Crippen molar-refractivity contribution < 1.29 is 19.4 Å². The van der Waals surface area contributed by atoms with Crippen LogP contribution in [0.3, 0.4) is 0 Å². The quantitative estimate of drug-likeness (QED) is 0.505. The van der Waals surface area contributed by atoms with Gasteiger partial charge in [0.15, 0.2) is 0 Å². The van der Waals surface area contributed by atoms with Crippen molar-refractivity contribution in [2.75, 3.05) is 0 Å². The van der Waals surface area contributed by atoms with Crippen LogP contribution in [0.15, 0.2) is 67.3 Å². The Bertz CT molecular complexity index is 635. The number of esters is 1. The summed E-state index contributed by atoms with van der Waals surface area (Å²) in [7, 11) is 0. The zero-order valence-electron chi connectivity index (χ0n) is 12.3. The fourth-order valence-corrected chi connectivity index (χ4v) is 1.93. The number of ether oxygens (including phenoxy) is 2. The van der Waals surface area contributed by atoms with Crippen LogP contribution >= 0.6 is 0 Å². The molecule has 2 aromatic rings. The standard InChI is InChI=1S/C18H18O4/c1-3-17(20)22-18(13(2)19)21-16-12-8-7-11-15(16)14-9-5-4-6-10-14/h3-13,18-19H,1H2,2H3. The summed E-state index contributed by atoms with van der Waals surface area (Å²) < 4.78 is 10.7. The molecule has 0 amide bonds. The Labute approximate surface area is 129 Å². The van der Waals surface area contributed by atoms with Gasteiger partial charge < -0.3 is 14.6 Å². The first-order chi connectivity index (χ1) is 10.6. The zero-order valence-corrected chi connectivity index (χ0v) is 12.3. The minimum atomic E-state index is -1.10. The minimum Gasteiger partial charge on any atom is -0.451 e. The van der Waals surface area contributed by atoms with E-state index in [9.17, 15) is 9.90 Å². The Morgan fingerprint density at radius 2 is 1.77 bits per heavy atom. The van der Waals surface area contributed by atoms with Crippen LogP contribution in [0.4, 0.5) is 0 Å². The van der Waals surface area contributed by atoms with Gasteiger partial charge in [-0.15, -0.1) is 0 Å². The first kappa shape index (κ1) is 15.8. The molecule has 2 atom stereocenters. The number of carbonyl (C=O) groups is 1. The van der Waals surface area contributed by atoms with Crippen molar-refractivity contribution in [3.05, 3.63) is 67.3 Å². The van der Waals surface area contributed by atoms with Crippen molar-refractivity contribution in [3.63, 3.8) is 0 Å². The average Bonchev–Trinajstić information content (AvgIpc) is 2.55. The van der Waals surface area contributed by atoms with Crippen molar-refractivity contribution >= 4 is 5.97 Å². The molecular formula is C18H18O4. The van der Waals surface area contributed by atoms with Gasteiger partial charge in [-0.05, 0) is 18.6 Å². The Morgan fingerprint density at radius 1 is 1.14 bits per heavy atom. The molecule has 0 saturated heterocycles. The molecule has 0 radical (unpaired) electrons. The van der Waals surface area contributed by atoms with Crippen LogP contribution in [0.25, 0.3) is 11.1 Å². The molecule has 0 aliphatic heterocycles. The van der Waals surface area contributed by atoms with Gasteiger partial charge in [-0.3, -0.25) is 0 Å². The van der Waals surface area contributed by atoms with Crippen molar-refractivity contribution in [2.45, 2.75) is 19.3 Å². The van der Waals surface area contributed by atoms with Gasteiger partial charge in [0.2, 0.25) is 0 Å². The molecule has 0 heterocycles. The lowest BCUT2D eigenvalue weighted by Gasteiger charge is -2.22. The summed E-state index contributed by atoms with van der Waals surface area (Å²) in [5, 5.41) is 9.74. The number of carbonyl (C=O) groups excluding carboxylic acids is 1. The van der Waals surface area contributed by atoms with Crippen LogP contribution in [0.1, 0.15) is 6.92 Å². The van der Waals surface area contributed by atoms with E-state index >= 15 is 0 Å². The molecule has 4 heteroatoms. The Hall–Kier alpha value is -2.59. The molecule has 0 saturated carbocycles. The van der Waals surface area contributed by atoms with E-state index in [1.165, 1.54) is 6.92 Å². The molecule has 4 nitrogen and oxygen atoms in total. The third-order valence-electron chi connectivity index (χ3n) is 3.01. The molecule has 0 fully saturated rings. The van der Waals surface area contributed by atoms with Crippen molar-refractivity contribution in [1.82, 2.24) is 0 Å². The predicted molar refractivity (Wildman–Crippen MR) is 84.3 cm³/mol. The molecule has 0 aromatic heterocycles. The molecule has 0 spiro atoms. The van der Waals surface area contributed by atoms with E-state index in [4.69, 9.17) is 9.47 Å². The number of aliphatic hydroxyl groups is 1. The van der Waals surface area contributed by atoms with Gasteiger partial charge in [-0.1, -0.05) is 55.1 Å². The minimum absolute atomic E-state index is 0.525. The van der Waals surface area contributed by atoms with Gasteiger partial charge in [0.1, 0.15) is 11.9 Å². The molecule has 114 valence electrons. The first-order valence-corrected chi connectivity index (χ1v) is 6.94. The summed E-state index contributed by atoms with van der Waals surface area (Å²) in [6.45, 7) is 4.83. The van der Waals surface area contributed by atoms with E-state index in [2.05, 4.69) is 6.58 Å². The van der Waals surface area contributed by atoms with Crippen LogP contribution in [-0.2, 0) is 9.53 Å². The van der Waals surface area contributed by atoms with Gasteiger partial charge in [-0.2, -0.15) is 0 Å². The topological polar surface area (TPSA) is 55.8 Å². The fourth-order valence-electron chi connectivity index (χ4n) is 1.93. The molecule has 2 unspecified atom stereocenters. The highest BCUT2D eigenvalue weighted by Gasteiger charge is 2.22. The fraction of sp³-hybridized carbons (Fsp3) is 0.167. The third kappa shape index (κ3) is 3.96. The van der Waals surface area contributed by atoms with Crippen LogP contribution in [0.2, 0.25) is 0 Å². The highest BCUT2D eigenvalue weighted by molar-refractivity contribution is 5.81. The lowest BCUT2D eigenvalue weighted by molar-refractivity contribution is -0.172. The van der Waals surface area contributed by atoms with Crippen LogP contribution in [0, 0.1) is 0 Å². The highest BCUT2D eigenvalue weighted by Crippen LogP contribution is 2.30. The molecule has 2 rings (SSSR count). The monoisotopic (exact) mass is 298 g/mol. The molecule has 22 heavy (non-hydrogen) atoms. The number of aliphatic hydroxyl groups excluding tert-OH is 1. The lowest BCUT2D eigenvalue weighted by Crippen LogP contribution is -2.34. The molecule has 0 aliphatic carbocycles. The maximum Gasteiger partial charge on any atom is 0.333 e. The zero-order chi connectivity index (χ0) is 15.9. The van der Waals surface area contributed by atoms with E-state index in [0.29, 0.717) is 5.75 Å². The average molecular weight is 298 g/mol. The first-order valence-electron chi connectivity index (χ1n) is 6.94. The van der Waals surface area contributed by atoms with Crippen LogP contribution in [0.5, 0.6) is 5.75 Å². The second-order valence-corrected chi connectivity index (χ2v) is 4.73. The number of hydrogen-bond donors (Lipinski definition) is 1. The summed E-state index contributed by atoms with van der Waals surface area (Å²) in [6.07, 6.45) is -1.05. The number of benzene rings is 2. The molecule has 0 bridgehead atoms. The summed E-state index contributed by atoms with van der Waals surface area (Å²) >= 11 is 0.